The number of aromatic nitrogens is 1. The molecule has 1 N–H and O–H groups in total. The predicted octanol–water partition coefficient (Wildman–Crippen LogP) is 3.60. The van der Waals surface area contributed by atoms with Crippen molar-refractivity contribution in [2.45, 2.75) is 25.8 Å². The number of hydrogen-bond acceptors (Lipinski definition) is 8. The van der Waals surface area contributed by atoms with Gasteiger partial charge in [0.25, 0.3) is 0 Å². The third-order valence-corrected chi connectivity index (χ3v) is 8.01. The van der Waals surface area contributed by atoms with E-state index in [1.54, 1.807) is 18.5 Å². The molecule has 1 saturated heterocycles. The van der Waals surface area contributed by atoms with Crippen molar-refractivity contribution in [3.63, 3.8) is 0 Å². The Balaban J connectivity index is 1.85. The van der Waals surface area contributed by atoms with Crippen molar-refractivity contribution in [1.82, 2.24) is 14.6 Å². The highest BCUT2D eigenvalue weighted by molar-refractivity contribution is 9.10. The van der Waals surface area contributed by atoms with E-state index in [-0.39, 0.29) is 41.2 Å². The molecule has 34 heavy (non-hydrogen) atoms. The fraction of sp³-hybridized carbons (Fsp3) is 0.381. The summed E-state index contributed by atoms with van der Waals surface area (Å²) in [5.74, 6) is -2.58. The Hall–Kier alpha value is -2.06. The second kappa shape index (κ2) is 10.7. The van der Waals surface area contributed by atoms with Gasteiger partial charge in [0.15, 0.2) is 22.5 Å². The number of esters is 1. The van der Waals surface area contributed by atoms with Gasteiger partial charge >= 0.3 is 5.97 Å². The van der Waals surface area contributed by atoms with Gasteiger partial charge in [0.1, 0.15) is 6.04 Å². The third-order valence-electron chi connectivity index (χ3n) is 5.64. The lowest BCUT2D eigenvalue weighted by molar-refractivity contribution is -0.139. The monoisotopic (exact) mass is 573 g/mol. The summed E-state index contributed by atoms with van der Waals surface area (Å²) >= 11 is 2.12. The van der Waals surface area contributed by atoms with Gasteiger partial charge < -0.3 is 14.6 Å². The molecule has 13 heteroatoms. The number of benzene rings is 1. The number of halogens is 3. The number of allylic oxidation sites excluding steroid dienone is 1. The number of nitrogens with one attached hydrogen (secondary N) is 1. The number of piperidine rings is 1. The van der Waals surface area contributed by atoms with Crippen LogP contribution in [0.25, 0.3) is 0 Å². The number of amidine groups is 1. The minimum atomic E-state index is -2.33. The zero-order valence-corrected chi connectivity index (χ0v) is 21.1. The van der Waals surface area contributed by atoms with E-state index in [0.717, 1.165) is 6.07 Å². The number of ether oxygens (including phenoxy) is 1. The first kappa shape index (κ1) is 25.0. The first-order valence-corrected chi connectivity index (χ1v) is 13.2. The van der Waals surface area contributed by atoms with Crippen LogP contribution in [-0.2, 0) is 20.8 Å². The van der Waals surface area contributed by atoms with E-state index in [0.29, 0.717) is 29.4 Å². The molecule has 1 unspecified atom stereocenters. The summed E-state index contributed by atoms with van der Waals surface area (Å²) in [6.07, 6.45) is 2.52. The van der Waals surface area contributed by atoms with Gasteiger partial charge in [-0.25, -0.2) is 22.9 Å². The molecule has 2 aliphatic rings. The van der Waals surface area contributed by atoms with Crippen LogP contribution in [-0.4, -0.2) is 49.6 Å². The quantitative estimate of drug-likeness (QED) is 0.321. The average molecular weight is 574 g/mol. The summed E-state index contributed by atoms with van der Waals surface area (Å²) in [6.45, 7) is 2.35. The van der Waals surface area contributed by atoms with Crippen molar-refractivity contribution in [3.8, 4) is 0 Å². The van der Waals surface area contributed by atoms with E-state index in [9.17, 15) is 22.3 Å². The molecular formula is C21H20BrF2N4O4S2-. The van der Waals surface area contributed by atoms with Crippen molar-refractivity contribution in [1.29, 1.82) is 0 Å². The highest BCUT2D eigenvalue weighted by Crippen LogP contribution is 2.41. The number of thiazole rings is 1. The Morgan fingerprint density at radius 1 is 1.38 bits per heavy atom. The van der Waals surface area contributed by atoms with Crippen LogP contribution < -0.4 is 5.32 Å². The second-order valence-corrected chi connectivity index (χ2v) is 10.2. The summed E-state index contributed by atoms with van der Waals surface area (Å²) in [7, 11) is 0. The molecule has 0 aliphatic carbocycles. The maximum absolute atomic E-state index is 14.5. The summed E-state index contributed by atoms with van der Waals surface area (Å²) in [5.41, 5.74) is 0.959. The molecule has 3 heterocycles. The second-order valence-electron chi connectivity index (χ2n) is 7.58. The number of carbonyl (C=O) groups is 1. The van der Waals surface area contributed by atoms with E-state index in [4.69, 9.17) is 4.74 Å². The molecule has 8 nitrogen and oxygen atoms in total. The van der Waals surface area contributed by atoms with Gasteiger partial charge in [-0.05, 0) is 47.3 Å². The maximum Gasteiger partial charge on any atom is 0.338 e. The molecule has 1 aromatic heterocycles. The number of carbonyl (C=O) groups excluding carboxylic acids is 1. The first-order chi connectivity index (χ1) is 16.3. The average Bonchev–Trinajstić information content (AvgIpc) is 3.37. The van der Waals surface area contributed by atoms with Crippen LogP contribution in [0.4, 0.5) is 8.78 Å². The number of rotatable bonds is 6. The first-order valence-electron chi connectivity index (χ1n) is 10.4. The minimum absolute atomic E-state index is 0.109. The summed E-state index contributed by atoms with van der Waals surface area (Å²) in [4.78, 5) is 22.1. The lowest BCUT2D eigenvalue weighted by Gasteiger charge is -2.37. The van der Waals surface area contributed by atoms with E-state index >= 15 is 0 Å². The Morgan fingerprint density at radius 3 is 2.74 bits per heavy atom. The third kappa shape index (κ3) is 4.98. The SMILES string of the molecule is CCOC(=O)C1=C(C2CCN(S(=O)[O-])CC2)NC(c2nccs2)=N[C@H]1c1ccc(F)c(F)c1Br. The van der Waals surface area contributed by atoms with Gasteiger partial charge in [-0.2, -0.15) is 0 Å². The molecule has 1 fully saturated rings. The van der Waals surface area contributed by atoms with Crippen molar-refractivity contribution in [2.75, 3.05) is 19.7 Å². The van der Waals surface area contributed by atoms with Crippen LogP contribution in [0, 0.1) is 17.6 Å². The molecule has 182 valence electrons. The fourth-order valence-corrected chi connectivity index (χ4v) is 5.68. The van der Waals surface area contributed by atoms with Crippen LogP contribution in [0.2, 0.25) is 0 Å². The highest BCUT2D eigenvalue weighted by atomic mass is 79.9. The molecule has 0 radical (unpaired) electrons. The topological polar surface area (TPSA) is 107 Å². The van der Waals surface area contributed by atoms with Gasteiger partial charge in [0.2, 0.25) is 0 Å². The summed E-state index contributed by atoms with van der Waals surface area (Å²) in [5, 5.41) is 5.56. The Labute approximate surface area is 209 Å². The largest absolute Gasteiger partial charge is 0.760 e. The van der Waals surface area contributed by atoms with Crippen LogP contribution in [0.15, 0.2) is 44.4 Å². The molecule has 0 bridgehead atoms. The van der Waals surface area contributed by atoms with Crippen LogP contribution in [0.3, 0.4) is 0 Å². The van der Waals surface area contributed by atoms with Crippen molar-refractivity contribution in [2.24, 2.45) is 10.9 Å². The molecule has 2 aromatic rings. The van der Waals surface area contributed by atoms with Gasteiger partial charge in [-0.1, -0.05) is 6.07 Å². The molecule has 1 aromatic carbocycles. The lowest BCUT2D eigenvalue weighted by Crippen LogP contribution is -2.42. The van der Waals surface area contributed by atoms with E-state index in [1.807, 2.05) is 0 Å². The summed E-state index contributed by atoms with van der Waals surface area (Å²) < 4.78 is 57.6. The molecule has 0 spiro atoms. The summed E-state index contributed by atoms with van der Waals surface area (Å²) in [6, 6.07) is 1.37. The van der Waals surface area contributed by atoms with E-state index < -0.39 is 34.9 Å². The minimum Gasteiger partial charge on any atom is -0.760 e. The van der Waals surface area contributed by atoms with Gasteiger partial charge in [0.05, 0.1) is 16.7 Å². The molecule has 0 saturated carbocycles. The Morgan fingerprint density at radius 2 is 2.12 bits per heavy atom. The van der Waals surface area contributed by atoms with Crippen molar-refractivity contribution < 1.29 is 27.1 Å². The van der Waals surface area contributed by atoms with E-state index in [2.05, 4.69) is 31.2 Å². The molecule has 0 amide bonds. The molecule has 2 atom stereocenters. The van der Waals surface area contributed by atoms with Crippen LogP contribution in [0.5, 0.6) is 0 Å². The molecular weight excluding hydrogens is 554 g/mol. The van der Waals surface area contributed by atoms with Crippen molar-refractivity contribution in [3.05, 3.63) is 61.7 Å². The zero-order valence-electron chi connectivity index (χ0n) is 17.9. The number of aliphatic imine (C=N–C) groups is 1. The van der Waals surface area contributed by atoms with Gasteiger partial charge in [0, 0.05) is 47.5 Å². The zero-order chi connectivity index (χ0) is 24.4. The highest BCUT2D eigenvalue weighted by Gasteiger charge is 2.38. The Kier molecular flexibility index (Phi) is 7.87. The van der Waals surface area contributed by atoms with Crippen LogP contribution in [0.1, 0.15) is 36.4 Å². The Bertz CT molecular complexity index is 1170. The maximum atomic E-state index is 14.5. The molecule has 4 rings (SSSR count). The van der Waals surface area contributed by atoms with E-state index in [1.165, 1.54) is 21.7 Å². The number of hydrogen-bond donors (Lipinski definition) is 1. The fourth-order valence-electron chi connectivity index (χ4n) is 4.04. The lowest BCUT2D eigenvalue weighted by atomic mass is 9.86. The smallest absolute Gasteiger partial charge is 0.338 e. The van der Waals surface area contributed by atoms with Crippen molar-refractivity contribution >= 4 is 50.3 Å². The van der Waals surface area contributed by atoms with Crippen LogP contribution >= 0.6 is 27.3 Å². The normalized spacial score (nSPS) is 20.6. The standard InChI is InChI=1S/C21H21BrF2N4O4S2/c1-2-32-21(29)14-17(11-5-8-28(9-6-11)34(30)31)26-19(20-25-7-10-33-20)27-18(14)12-3-4-13(23)16(24)15(12)22/h3-4,7,10-11,18H,2,5-6,8-9H2,1H3,(H,26,27)(H,30,31)/p-1/t18-/m0/s1. The molecule has 2 aliphatic heterocycles. The predicted molar refractivity (Wildman–Crippen MR) is 125 cm³/mol. The van der Waals surface area contributed by atoms with Gasteiger partial charge in [-0.15, -0.1) is 11.3 Å². The number of nitrogens with zero attached hydrogens (tertiary/aromatic N) is 3. The van der Waals surface area contributed by atoms with Gasteiger partial charge in [-0.3, -0.25) is 9.20 Å².